The summed E-state index contributed by atoms with van der Waals surface area (Å²) in [5.74, 6) is 0.0519. The van der Waals surface area contributed by atoms with E-state index in [4.69, 9.17) is 9.47 Å². The number of methoxy groups -OCH3 is 1. The van der Waals surface area contributed by atoms with Gasteiger partial charge in [-0.15, -0.1) is 0 Å². The second-order valence-electron chi connectivity index (χ2n) is 7.68. The van der Waals surface area contributed by atoms with E-state index in [1.165, 1.54) is 37.4 Å². The Hall–Kier alpha value is -3.20. The molecule has 2 aromatic rings. The van der Waals surface area contributed by atoms with E-state index in [-0.39, 0.29) is 47.6 Å². The lowest BCUT2D eigenvalue weighted by Gasteiger charge is -2.44. The van der Waals surface area contributed by atoms with E-state index in [9.17, 15) is 19.3 Å². The number of ether oxygens (including phenoxy) is 2. The normalized spacial score (nSPS) is 19.2. The fraction of sp³-hybridized carbons (Fsp3) is 0.409. The van der Waals surface area contributed by atoms with Crippen molar-refractivity contribution in [3.8, 4) is 11.5 Å². The number of carbonyl (C=O) groups is 1. The SMILES string of the molecule is COc1cc([N+](=O)[O-])ccc1OCC(=O)N1C[C@H](C)N(Cc2ccc(F)cc2)C[C@H]1C. The first-order valence-corrected chi connectivity index (χ1v) is 10.0. The Labute approximate surface area is 180 Å². The average Bonchev–Trinajstić information content (AvgIpc) is 2.75. The van der Waals surface area contributed by atoms with Gasteiger partial charge in [-0.05, 0) is 37.6 Å². The van der Waals surface area contributed by atoms with Crippen LogP contribution in [0.3, 0.4) is 0 Å². The summed E-state index contributed by atoms with van der Waals surface area (Å²) in [6.45, 7) is 5.75. The summed E-state index contributed by atoms with van der Waals surface area (Å²) in [4.78, 5) is 27.2. The largest absolute Gasteiger partial charge is 0.493 e. The lowest BCUT2D eigenvalue weighted by Crippen LogP contribution is -2.58. The van der Waals surface area contributed by atoms with Gasteiger partial charge in [0.2, 0.25) is 0 Å². The quantitative estimate of drug-likeness (QED) is 0.494. The minimum Gasteiger partial charge on any atom is -0.493 e. The second kappa shape index (κ2) is 9.74. The van der Waals surface area contributed by atoms with Crippen LogP contribution >= 0.6 is 0 Å². The number of halogens is 1. The number of nitrogens with zero attached hydrogens (tertiary/aromatic N) is 3. The van der Waals surface area contributed by atoms with Crippen molar-refractivity contribution in [2.24, 2.45) is 0 Å². The van der Waals surface area contributed by atoms with Crippen LogP contribution in [0.5, 0.6) is 11.5 Å². The molecule has 0 aromatic heterocycles. The van der Waals surface area contributed by atoms with Crippen LogP contribution in [-0.2, 0) is 11.3 Å². The highest BCUT2D eigenvalue weighted by molar-refractivity contribution is 5.78. The van der Waals surface area contributed by atoms with E-state index in [1.807, 2.05) is 6.92 Å². The van der Waals surface area contributed by atoms with E-state index in [0.717, 1.165) is 5.56 Å². The van der Waals surface area contributed by atoms with Gasteiger partial charge >= 0.3 is 0 Å². The van der Waals surface area contributed by atoms with Gasteiger partial charge in [0, 0.05) is 37.8 Å². The van der Waals surface area contributed by atoms with Gasteiger partial charge in [0.15, 0.2) is 18.1 Å². The van der Waals surface area contributed by atoms with E-state index in [1.54, 1.807) is 17.0 Å². The number of piperazine rings is 1. The molecule has 1 aliphatic rings. The van der Waals surface area contributed by atoms with Gasteiger partial charge in [-0.1, -0.05) is 12.1 Å². The lowest BCUT2D eigenvalue weighted by atomic mass is 10.1. The zero-order valence-electron chi connectivity index (χ0n) is 17.8. The lowest BCUT2D eigenvalue weighted by molar-refractivity contribution is -0.384. The second-order valence-corrected chi connectivity index (χ2v) is 7.68. The van der Waals surface area contributed by atoms with Gasteiger partial charge in [0.1, 0.15) is 5.82 Å². The standard InChI is InChI=1S/C22H26FN3O5/c1-15-12-25(16(2)11-24(15)13-17-4-6-18(23)7-5-17)22(27)14-31-20-9-8-19(26(28)29)10-21(20)30-3/h4-10,15-16H,11-14H2,1-3H3/t15-,16+/m0/s1. The Morgan fingerprint density at radius 1 is 1.13 bits per heavy atom. The maximum Gasteiger partial charge on any atom is 0.273 e. The fourth-order valence-electron chi connectivity index (χ4n) is 3.70. The third-order valence-corrected chi connectivity index (χ3v) is 5.44. The number of hydrogen-bond donors (Lipinski definition) is 0. The minimum absolute atomic E-state index is 0.0218. The van der Waals surface area contributed by atoms with Gasteiger partial charge in [-0.25, -0.2) is 4.39 Å². The molecule has 31 heavy (non-hydrogen) atoms. The number of carbonyl (C=O) groups excluding carboxylic acids is 1. The number of nitro groups is 1. The van der Waals surface area contributed by atoms with Gasteiger partial charge in [0.05, 0.1) is 18.1 Å². The monoisotopic (exact) mass is 431 g/mol. The molecule has 0 spiro atoms. The number of amides is 1. The van der Waals surface area contributed by atoms with Crippen molar-refractivity contribution in [2.75, 3.05) is 26.8 Å². The molecule has 0 unspecified atom stereocenters. The van der Waals surface area contributed by atoms with Gasteiger partial charge in [-0.3, -0.25) is 19.8 Å². The topological polar surface area (TPSA) is 85.2 Å². The number of non-ortho nitro benzene ring substituents is 1. The van der Waals surface area contributed by atoms with Crippen LogP contribution in [0.15, 0.2) is 42.5 Å². The molecule has 1 fully saturated rings. The first-order chi connectivity index (χ1) is 14.8. The Morgan fingerprint density at radius 3 is 2.48 bits per heavy atom. The van der Waals surface area contributed by atoms with Crippen molar-refractivity contribution in [1.29, 1.82) is 0 Å². The van der Waals surface area contributed by atoms with Gasteiger partial charge in [-0.2, -0.15) is 0 Å². The van der Waals surface area contributed by atoms with Crippen LogP contribution < -0.4 is 9.47 Å². The number of rotatable bonds is 7. The van der Waals surface area contributed by atoms with Crippen molar-refractivity contribution in [3.63, 3.8) is 0 Å². The smallest absolute Gasteiger partial charge is 0.273 e. The third-order valence-electron chi connectivity index (χ3n) is 5.44. The molecular formula is C22H26FN3O5. The Morgan fingerprint density at radius 2 is 1.84 bits per heavy atom. The van der Waals surface area contributed by atoms with Crippen LogP contribution in [0.4, 0.5) is 10.1 Å². The molecule has 1 heterocycles. The Balaban J connectivity index is 1.59. The van der Waals surface area contributed by atoms with E-state index < -0.39 is 4.92 Å². The number of nitro benzene ring substituents is 1. The summed E-state index contributed by atoms with van der Waals surface area (Å²) < 4.78 is 23.9. The molecule has 0 bridgehead atoms. The molecule has 0 radical (unpaired) electrons. The minimum atomic E-state index is -0.522. The molecule has 2 aromatic carbocycles. The molecule has 0 N–H and O–H groups in total. The summed E-state index contributed by atoms with van der Waals surface area (Å²) in [5.41, 5.74) is 0.907. The summed E-state index contributed by atoms with van der Waals surface area (Å²) in [6.07, 6.45) is 0. The van der Waals surface area contributed by atoms with Gasteiger partial charge < -0.3 is 14.4 Å². The van der Waals surface area contributed by atoms with Crippen LogP contribution in [0.2, 0.25) is 0 Å². The van der Waals surface area contributed by atoms with Crippen molar-refractivity contribution >= 4 is 11.6 Å². The van der Waals surface area contributed by atoms with Crippen molar-refractivity contribution in [1.82, 2.24) is 9.80 Å². The zero-order valence-corrected chi connectivity index (χ0v) is 17.8. The summed E-state index contributed by atoms with van der Waals surface area (Å²) >= 11 is 0. The van der Waals surface area contributed by atoms with Crippen LogP contribution in [0, 0.1) is 15.9 Å². The molecule has 2 atom stereocenters. The molecule has 1 amide bonds. The number of hydrogen-bond acceptors (Lipinski definition) is 6. The predicted molar refractivity (Wildman–Crippen MR) is 113 cm³/mol. The molecule has 1 saturated heterocycles. The fourth-order valence-corrected chi connectivity index (χ4v) is 3.70. The van der Waals surface area contributed by atoms with E-state index in [0.29, 0.717) is 19.6 Å². The van der Waals surface area contributed by atoms with Crippen LogP contribution in [0.25, 0.3) is 0 Å². The summed E-state index contributed by atoms with van der Waals surface area (Å²) in [7, 11) is 1.39. The van der Waals surface area contributed by atoms with Crippen molar-refractivity contribution < 1.29 is 23.6 Å². The molecule has 3 rings (SSSR count). The molecule has 8 nitrogen and oxygen atoms in total. The van der Waals surface area contributed by atoms with E-state index >= 15 is 0 Å². The molecule has 0 aliphatic carbocycles. The van der Waals surface area contributed by atoms with Gasteiger partial charge in [0.25, 0.3) is 11.6 Å². The highest BCUT2D eigenvalue weighted by Crippen LogP contribution is 2.31. The number of benzene rings is 2. The first kappa shape index (κ1) is 22.5. The first-order valence-electron chi connectivity index (χ1n) is 10.0. The zero-order chi connectivity index (χ0) is 22.5. The Kier molecular flexibility index (Phi) is 7.06. The van der Waals surface area contributed by atoms with Crippen molar-refractivity contribution in [2.45, 2.75) is 32.5 Å². The highest BCUT2D eigenvalue weighted by Gasteiger charge is 2.32. The molecule has 9 heteroatoms. The average molecular weight is 431 g/mol. The molecule has 0 saturated carbocycles. The third kappa shape index (κ3) is 5.49. The predicted octanol–water partition coefficient (Wildman–Crippen LogP) is 3.24. The van der Waals surface area contributed by atoms with Crippen molar-refractivity contribution in [3.05, 3.63) is 64.0 Å². The Bertz CT molecular complexity index is 937. The highest BCUT2D eigenvalue weighted by atomic mass is 19.1. The molecule has 1 aliphatic heterocycles. The molecular weight excluding hydrogens is 405 g/mol. The molecule has 166 valence electrons. The summed E-state index contributed by atoms with van der Waals surface area (Å²) in [6, 6.07) is 10.5. The van der Waals surface area contributed by atoms with E-state index in [2.05, 4.69) is 11.8 Å². The van der Waals surface area contributed by atoms with Crippen LogP contribution in [-0.4, -0.2) is 59.5 Å². The van der Waals surface area contributed by atoms with Crippen LogP contribution in [0.1, 0.15) is 19.4 Å². The maximum absolute atomic E-state index is 13.1. The maximum atomic E-state index is 13.1. The summed E-state index contributed by atoms with van der Waals surface area (Å²) in [5, 5.41) is 10.9.